The van der Waals surface area contributed by atoms with E-state index in [9.17, 15) is 0 Å². The summed E-state index contributed by atoms with van der Waals surface area (Å²) in [6.07, 6.45) is 1.82. The van der Waals surface area contributed by atoms with E-state index in [4.69, 9.17) is 15.2 Å². The first-order valence-electron chi connectivity index (χ1n) is 6.76. The molecule has 2 rings (SSSR count). The van der Waals surface area contributed by atoms with Crippen LogP contribution in [0.4, 0.5) is 5.82 Å². The van der Waals surface area contributed by atoms with Gasteiger partial charge in [-0.05, 0) is 32.9 Å². The van der Waals surface area contributed by atoms with Crippen molar-refractivity contribution in [3.05, 3.63) is 18.3 Å². The standard InChI is InChI=1S/C14H23N3O2/c1-4-18-12-6-5-7-16-13(12)17-9-11(8-15)19-14(2,3)10-17/h5-7,11H,4,8-10,15H2,1-3H3. The summed E-state index contributed by atoms with van der Waals surface area (Å²) in [5.41, 5.74) is 5.53. The van der Waals surface area contributed by atoms with Crippen LogP contribution >= 0.6 is 0 Å². The van der Waals surface area contributed by atoms with Crippen molar-refractivity contribution >= 4 is 5.82 Å². The van der Waals surface area contributed by atoms with Gasteiger partial charge in [0.05, 0.1) is 18.3 Å². The Morgan fingerprint density at radius 1 is 1.58 bits per heavy atom. The van der Waals surface area contributed by atoms with Gasteiger partial charge in [0.1, 0.15) is 0 Å². The third kappa shape index (κ3) is 3.36. The molecule has 1 aliphatic heterocycles. The van der Waals surface area contributed by atoms with Crippen LogP contribution in [0.3, 0.4) is 0 Å². The maximum atomic E-state index is 5.94. The Morgan fingerprint density at radius 2 is 2.37 bits per heavy atom. The van der Waals surface area contributed by atoms with Crippen LogP contribution in [-0.2, 0) is 4.74 Å². The minimum Gasteiger partial charge on any atom is -0.490 e. The molecule has 106 valence electrons. The lowest BCUT2D eigenvalue weighted by Gasteiger charge is -2.43. The van der Waals surface area contributed by atoms with Crippen LogP contribution in [0.5, 0.6) is 5.75 Å². The third-order valence-electron chi connectivity index (χ3n) is 3.09. The molecule has 1 unspecified atom stereocenters. The van der Waals surface area contributed by atoms with Crippen LogP contribution in [0.15, 0.2) is 18.3 Å². The summed E-state index contributed by atoms with van der Waals surface area (Å²) < 4.78 is 11.6. The van der Waals surface area contributed by atoms with E-state index in [1.165, 1.54) is 0 Å². The Kier molecular flexibility index (Phi) is 4.27. The molecule has 1 atom stereocenters. The molecule has 0 aliphatic carbocycles. The quantitative estimate of drug-likeness (QED) is 0.892. The highest BCUT2D eigenvalue weighted by molar-refractivity contribution is 5.52. The van der Waals surface area contributed by atoms with Crippen molar-refractivity contribution in [2.75, 3.05) is 31.1 Å². The molecule has 1 fully saturated rings. The van der Waals surface area contributed by atoms with E-state index in [0.717, 1.165) is 24.7 Å². The highest BCUT2D eigenvalue weighted by Gasteiger charge is 2.34. The number of nitrogens with two attached hydrogens (primary N) is 1. The van der Waals surface area contributed by atoms with Crippen molar-refractivity contribution < 1.29 is 9.47 Å². The van der Waals surface area contributed by atoms with Gasteiger partial charge in [-0.15, -0.1) is 0 Å². The minimum absolute atomic E-state index is 0.0280. The first kappa shape index (κ1) is 14.1. The molecule has 0 spiro atoms. The van der Waals surface area contributed by atoms with Crippen molar-refractivity contribution in [2.24, 2.45) is 5.73 Å². The number of morpholine rings is 1. The molecule has 0 saturated carbocycles. The smallest absolute Gasteiger partial charge is 0.171 e. The number of anilines is 1. The molecular formula is C14H23N3O2. The highest BCUT2D eigenvalue weighted by Crippen LogP contribution is 2.30. The second-order valence-electron chi connectivity index (χ2n) is 5.37. The monoisotopic (exact) mass is 265 g/mol. The fourth-order valence-corrected chi connectivity index (χ4v) is 2.47. The molecular weight excluding hydrogens is 242 g/mol. The second-order valence-corrected chi connectivity index (χ2v) is 5.37. The lowest BCUT2D eigenvalue weighted by molar-refractivity contribution is -0.0791. The molecule has 19 heavy (non-hydrogen) atoms. The van der Waals surface area contributed by atoms with E-state index in [-0.39, 0.29) is 11.7 Å². The average molecular weight is 265 g/mol. The molecule has 1 aromatic rings. The molecule has 0 aromatic carbocycles. The van der Waals surface area contributed by atoms with Gasteiger partial charge in [-0.3, -0.25) is 0 Å². The number of ether oxygens (including phenoxy) is 2. The highest BCUT2D eigenvalue weighted by atomic mass is 16.5. The van der Waals surface area contributed by atoms with Crippen molar-refractivity contribution in [2.45, 2.75) is 32.5 Å². The largest absolute Gasteiger partial charge is 0.490 e. The van der Waals surface area contributed by atoms with Crippen LogP contribution in [0.25, 0.3) is 0 Å². The summed E-state index contributed by atoms with van der Waals surface area (Å²) in [6.45, 7) is 8.79. The van der Waals surface area contributed by atoms with Gasteiger partial charge in [-0.25, -0.2) is 4.98 Å². The Labute approximate surface area is 114 Å². The molecule has 1 aliphatic rings. The molecule has 1 aromatic heterocycles. The lowest BCUT2D eigenvalue weighted by Crippen LogP contribution is -2.55. The van der Waals surface area contributed by atoms with Crippen molar-refractivity contribution in [1.29, 1.82) is 0 Å². The fraction of sp³-hybridized carbons (Fsp3) is 0.643. The first-order valence-corrected chi connectivity index (χ1v) is 6.76. The average Bonchev–Trinajstić information content (AvgIpc) is 2.38. The van der Waals surface area contributed by atoms with Crippen LogP contribution < -0.4 is 15.4 Å². The van der Waals surface area contributed by atoms with E-state index in [0.29, 0.717) is 13.2 Å². The van der Waals surface area contributed by atoms with Gasteiger partial charge >= 0.3 is 0 Å². The molecule has 5 heteroatoms. The predicted octanol–water partition coefficient (Wildman–Crippen LogP) is 1.42. The maximum Gasteiger partial charge on any atom is 0.171 e. The van der Waals surface area contributed by atoms with E-state index in [1.807, 2.05) is 19.1 Å². The van der Waals surface area contributed by atoms with Gasteiger partial charge in [0, 0.05) is 25.8 Å². The Bertz CT molecular complexity index is 423. The van der Waals surface area contributed by atoms with E-state index in [2.05, 4.69) is 23.7 Å². The predicted molar refractivity (Wildman–Crippen MR) is 75.6 cm³/mol. The zero-order valence-electron chi connectivity index (χ0n) is 11.9. The molecule has 5 nitrogen and oxygen atoms in total. The van der Waals surface area contributed by atoms with Gasteiger partial charge in [0.15, 0.2) is 11.6 Å². The topological polar surface area (TPSA) is 60.6 Å². The lowest BCUT2D eigenvalue weighted by atomic mass is 10.0. The van der Waals surface area contributed by atoms with Crippen molar-refractivity contribution in [1.82, 2.24) is 4.98 Å². The van der Waals surface area contributed by atoms with Crippen LogP contribution in [0, 0.1) is 0 Å². The van der Waals surface area contributed by atoms with E-state index in [1.54, 1.807) is 6.20 Å². The van der Waals surface area contributed by atoms with Crippen LogP contribution in [-0.4, -0.2) is 42.9 Å². The SMILES string of the molecule is CCOc1cccnc1N1CC(CN)OC(C)(C)C1. The number of hydrogen-bond acceptors (Lipinski definition) is 5. The molecule has 1 saturated heterocycles. The fourth-order valence-electron chi connectivity index (χ4n) is 2.47. The summed E-state index contributed by atoms with van der Waals surface area (Å²) >= 11 is 0. The molecule has 0 radical (unpaired) electrons. The number of hydrogen-bond donors (Lipinski definition) is 1. The summed E-state index contributed by atoms with van der Waals surface area (Å²) in [5.74, 6) is 1.69. The van der Waals surface area contributed by atoms with E-state index >= 15 is 0 Å². The van der Waals surface area contributed by atoms with Gasteiger partial charge in [0.25, 0.3) is 0 Å². The number of nitrogens with zero attached hydrogens (tertiary/aromatic N) is 2. The summed E-state index contributed by atoms with van der Waals surface area (Å²) in [7, 11) is 0. The molecule has 0 amide bonds. The normalized spacial score (nSPS) is 22.3. The van der Waals surface area contributed by atoms with Crippen LogP contribution in [0.1, 0.15) is 20.8 Å². The summed E-state index contributed by atoms with van der Waals surface area (Å²) in [6, 6.07) is 3.84. The van der Waals surface area contributed by atoms with Gasteiger partial charge in [-0.2, -0.15) is 0 Å². The van der Waals surface area contributed by atoms with Crippen molar-refractivity contribution in [3.8, 4) is 5.75 Å². The Hall–Kier alpha value is -1.33. The van der Waals surface area contributed by atoms with Crippen LogP contribution in [0.2, 0.25) is 0 Å². The maximum absolute atomic E-state index is 5.94. The number of aromatic nitrogens is 1. The Morgan fingerprint density at radius 3 is 3.05 bits per heavy atom. The Balaban J connectivity index is 2.25. The minimum atomic E-state index is -0.233. The number of rotatable bonds is 4. The second kappa shape index (κ2) is 5.75. The number of pyridine rings is 1. The van der Waals surface area contributed by atoms with Gasteiger partial charge in [-0.1, -0.05) is 0 Å². The van der Waals surface area contributed by atoms with Gasteiger partial charge < -0.3 is 20.1 Å². The third-order valence-corrected chi connectivity index (χ3v) is 3.09. The zero-order chi connectivity index (χ0) is 13.9. The first-order chi connectivity index (χ1) is 9.05. The molecule has 0 bridgehead atoms. The molecule has 2 N–H and O–H groups in total. The summed E-state index contributed by atoms with van der Waals surface area (Å²) in [5, 5.41) is 0. The zero-order valence-corrected chi connectivity index (χ0v) is 11.9. The van der Waals surface area contributed by atoms with Crippen molar-refractivity contribution in [3.63, 3.8) is 0 Å². The van der Waals surface area contributed by atoms with E-state index < -0.39 is 0 Å². The molecule has 2 heterocycles. The van der Waals surface area contributed by atoms with Gasteiger partial charge in [0.2, 0.25) is 0 Å². The summed E-state index contributed by atoms with van der Waals surface area (Å²) in [4.78, 5) is 6.66.